The topological polar surface area (TPSA) is 48.1 Å². The third kappa shape index (κ3) is 2.06. The van der Waals surface area contributed by atoms with E-state index in [-0.39, 0.29) is 6.04 Å². The van der Waals surface area contributed by atoms with E-state index < -0.39 is 0 Å². The Morgan fingerprint density at radius 3 is 2.95 bits per heavy atom. The van der Waals surface area contributed by atoms with Crippen LogP contribution in [-0.2, 0) is 6.42 Å². The summed E-state index contributed by atoms with van der Waals surface area (Å²) in [4.78, 5) is 4.33. The largest absolute Gasteiger partial charge is 0.493 e. The molecule has 0 saturated carbocycles. The van der Waals surface area contributed by atoms with Crippen LogP contribution in [-0.4, -0.2) is 11.6 Å². The van der Waals surface area contributed by atoms with Gasteiger partial charge in [-0.25, -0.2) is 0 Å². The third-order valence-electron chi connectivity index (χ3n) is 4.11. The summed E-state index contributed by atoms with van der Waals surface area (Å²) in [5, 5.41) is 2.28. The number of rotatable bonds is 2. The number of nitrogens with two attached hydrogens (primary N) is 1. The molecular formula is C18H16N2O. The first-order valence-electron chi connectivity index (χ1n) is 7.17. The Morgan fingerprint density at radius 1 is 1.10 bits per heavy atom. The number of hydrogen-bond acceptors (Lipinski definition) is 3. The first-order chi connectivity index (χ1) is 10.3. The van der Waals surface area contributed by atoms with Crippen molar-refractivity contribution in [2.75, 3.05) is 6.61 Å². The molecule has 3 heteroatoms. The Balaban J connectivity index is 1.81. The van der Waals surface area contributed by atoms with Gasteiger partial charge in [-0.05, 0) is 28.1 Å². The lowest BCUT2D eigenvalue weighted by Crippen LogP contribution is -2.12. The fraction of sp³-hybridized carbons (Fsp3) is 0.167. The summed E-state index contributed by atoms with van der Waals surface area (Å²) in [6, 6.07) is 14.3. The summed E-state index contributed by atoms with van der Waals surface area (Å²) in [6.07, 6.45) is 4.71. The molecule has 1 aliphatic heterocycles. The zero-order valence-corrected chi connectivity index (χ0v) is 11.6. The molecule has 0 saturated heterocycles. The second-order valence-corrected chi connectivity index (χ2v) is 5.39. The van der Waals surface area contributed by atoms with Crippen molar-refractivity contribution in [3.05, 3.63) is 71.5 Å². The van der Waals surface area contributed by atoms with Gasteiger partial charge in [-0.1, -0.05) is 36.4 Å². The monoisotopic (exact) mass is 276 g/mol. The fourth-order valence-electron chi connectivity index (χ4n) is 2.97. The third-order valence-corrected chi connectivity index (χ3v) is 4.11. The van der Waals surface area contributed by atoms with Crippen LogP contribution in [0.3, 0.4) is 0 Å². The van der Waals surface area contributed by atoms with Gasteiger partial charge in [0.2, 0.25) is 0 Å². The fourth-order valence-corrected chi connectivity index (χ4v) is 2.97. The molecule has 0 amide bonds. The average molecular weight is 276 g/mol. The maximum Gasteiger partial charge on any atom is 0.122 e. The smallest absolute Gasteiger partial charge is 0.122 e. The number of benzene rings is 2. The number of hydrogen-bond donors (Lipinski definition) is 1. The summed E-state index contributed by atoms with van der Waals surface area (Å²) < 4.78 is 5.56. The molecule has 2 N–H and O–H groups in total. The molecule has 3 nitrogen and oxygen atoms in total. The van der Waals surface area contributed by atoms with Gasteiger partial charge < -0.3 is 10.5 Å². The van der Waals surface area contributed by atoms with Crippen molar-refractivity contribution in [2.45, 2.75) is 12.5 Å². The molecule has 21 heavy (non-hydrogen) atoms. The number of nitrogens with zero attached hydrogens (tertiary/aromatic N) is 1. The van der Waals surface area contributed by atoms with Gasteiger partial charge >= 0.3 is 0 Å². The lowest BCUT2D eigenvalue weighted by atomic mass is 9.95. The summed E-state index contributed by atoms with van der Waals surface area (Å²) in [6.45, 7) is 0.768. The van der Waals surface area contributed by atoms with E-state index in [0.29, 0.717) is 0 Å². The summed E-state index contributed by atoms with van der Waals surface area (Å²) in [5.74, 6) is 0.988. The van der Waals surface area contributed by atoms with Crippen LogP contribution >= 0.6 is 0 Å². The minimum absolute atomic E-state index is 0.172. The molecule has 0 fully saturated rings. The Morgan fingerprint density at radius 2 is 2.00 bits per heavy atom. The van der Waals surface area contributed by atoms with Gasteiger partial charge in [-0.15, -0.1) is 0 Å². The molecule has 1 aromatic heterocycles. The van der Waals surface area contributed by atoms with Crippen LogP contribution < -0.4 is 10.5 Å². The molecule has 3 aromatic rings. The van der Waals surface area contributed by atoms with E-state index in [0.717, 1.165) is 40.7 Å². The van der Waals surface area contributed by atoms with Gasteiger partial charge in [0.25, 0.3) is 0 Å². The first-order valence-corrected chi connectivity index (χ1v) is 7.17. The van der Waals surface area contributed by atoms with Crippen molar-refractivity contribution in [1.29, 1.82) is 0 Å². The van der Waals surface area contributed by atoms with E-state index in [4.69, 9.17) is 10.5 Å². The summed E-state index contributed by atoms with van der Waals surface area (Å²) in [5.41, 5.74) is 9.91. The van der Waals surface area contributed by atoms with Gasteiger partial charge in [0.05, 0.1) is 12.6 Å². The summed E-state index contributed by atoms with van der Waals surface area (Å²) >= 11 is 0. The maximum atomic E-state index is 6.50. The zero-order valence-electron chi connectivity index (χ0n) is 11.6. The second-order valence-electron chi connectivity index (χ2n) is 5.39. The van der Waals surface area contributed by atoms with Crippen molar-refractivity contribution in [2.24, 2.45) is 5.73 Å². The van der Waals surface area contributed by atoms with Crippen molar-refractivity contribution < 1.29 is 4.74 Å². The molecule has 2 aromatic carbocycles. The van der Waals surface area contributed by atoms with Crippen LogP contribution in [0.5, 0.6) is 5.75 Å². The van der Waals surface area contributed by atoms with Gasteiger partial charge in [-0.3, -0.25) is 4.98 Å². The lowest BCUT2D eigenvalue weighted by molar-refractivity contribution is 0.357. The Bertz CT molecular complexity index is 808. The lowest BCUT2D eigenvalue weighted by Gasteiger charge is -2.15. The van der Waals surface area contributed by atoms with Gasteiger partial charge in [0, 0.05) is 24.2 Å². The van der Waals surface area contributed by atoms with Gasteiger partial charge in [0.15, 0.2) is 0 Å². The Labute approximate surface area is 123 Å². The molecule has 1 unspecified atom stereocenters. The average Bonchev–Trinajstić information content (AvgIpc) is 3.01. The van der Waals surface area contributed by atoms with Crippen LogP contribution in [0.25, 0.3) is 10.8 Å². The van der Waals surface area contributed by atoms with Crippen LogP contribution in [0.4, 0.5) is 0 Å². The van der Waals surface area contributed by atoms with E-state index in [9.17, 15) is 0 Å². The molecule has 104 valence electrons. The normalized spacial score (nSPS) is 14.7. The maximum absolute atomic E-state index is 6.50. The predicted molar refractivity (Wildman–Crippen MR) is 83.4 cm³/mol. The first kappa shape index (κ1) is 12.4. The number of pyridine rings is 1. The number of fused-ring (bicyclic) bond motifs is 2. The number of aromatic nitrogens is 1. The van der Waals surface area contributed by atoms with Gasteiger partial charge in [0.1, 0.15) is 5.75 Å². The van der Waals surface area contributed by atoms with E-state index in [1.54, 1.807) is 0 Å². The molecular weight excluding hydrogens is 260 g/mol. The highest BCUT2D eigenvalue weighted by molar-refractivity contribution is 5.85. The van der Waals surface area contributed by atoms with Crippen molar-refractivity contribution in [3.8, 4) is 5.75 Å². The molecule has 1 atom stereocenters. The quantitative estimate of drug-likeness (QED) is 0.781. The van der Waals surface area contributed by atoms with Crippen LogP contribution in [0, 0.1) is 0 Å². The second kappa shape index (κ2) is 4.86. The van der Waals surface area contributed by atoms with E-state index in [2.05, 4.69) is 29.2 Å². The SMILES string of the molecule is NC(c1ccc2c(c1)CCO2)c1cncc2ccccc12. The summed E-state index contributed by atoms with van der Waals surface area (Å²) in [7, 11) is 0. The highest BCUT2D eigenvalue weighted by Crippen LogP contribution is 2.31. The Kier molecular flexibility index (Phi) is 2.86. The minimum atomic E-state index is -0.172. The van der Waals surface area contributed by atoms with Crippen LogP contribution in [0.2, 0.25) is 0 Å². The number of ether oxygens (including phenoxy) is 1. The van der Waals surface area contributed by atoms with Crippen molar-refractivity contribution in [1.82, 2.24) is 4.98 Å². The van der Waals surface area contributed by atoms with E-state index in [1.807, 2.05) is 30.6 Å². The molecule has 1 aliphatic rings. The van der Waals surface area contributed by atoms with Gasteiger partial charge in [-0.2, -0.15) is 0 Å². The van der Waals surface area contributed by atoms with Crippen molar-refractivity contribution >= 4 is 10.8 Å². The predicted octanol–water partition coefficient (Wildman–Crippen LogP) is 3.22. The van der Waals surface area contributed by atoms with Crippen molar-refractivity contribution in [3.63, 3.8) is 0 Å². The Hall–Kier alpha value is -2.39. The minimum Gasteiger partial charge on any atom is -0.493 e. The molecule has 4 rings (SSSR count). The zero-order chi connectivity index (χ0) is 14.2. The van der Waals surface area contributed by atoms with Crippen LogP contribution in [0.1, 0.15) is 22.7 Å². The molecule has 0 spiro atoms. The molecule has 0 aliphatic carbocycles. The van der Waals surface area contributed by atoms with E-state index >= 15 is 0 Å². The highest BCUT2D eigenvalue weighted by Gasteiger charge is 2.17. The van der Waals surface area contributed by atoms with Crippen LogP contribution in [0.15, 0.2) is 54.9 Å². The highest BCUT2D eigenvalue weighted by atomic mass is 16.5. The molecule has 0 bridgehead atoms. The molecule has 2 heterocycles. The standard InChI is InChI=1S/C18H16N2O/c19-18(13-5-6-17-12(9-13)7-8-21-17)16-11-20-10-14-3-1-2-4-15(14)16/h1-6,9-11,18H,7-8,19H2. The molecule has 0 radical (unpaired) electrons. The van der Waals surface area contributed by atoms with E-state index in [1.165, 1.54) is 5.56 Å².